The molecular weight excluding hydrogens is 278 g/mol. The third-order valence-corrected chi connectivity index (χ3v) is 3.44. The van der Waals surface area contributed by atoms with Crippen LogP contribution in [0.1, 0.15) is 39.0 Å². The van der Waals surface area contributed by atoms with Crippen molar-refractivity contribution < 1.29 is 14.7 Å². The first-order valence-electron chi connectivity index (χ1n) is 6.79. The fraction of sp³-hybridized carbons (Fsp3) is 0.467. The Morgan fingerprint density at radius 3 is 2.60 bits per heavy atom. The molecule has 0 spiro atoms. The summed E-state index contributed by atoms with van der Waals surface area (Å²) in [5.41, 5.74) is 0.540. The van der Waals surface area contributed by atoms with E-state index >= 15 is 0 Å². The summed E-state index contributed by atoms with van der Waals surface area (Å²) in [7, 11) is 0. The molecule has 0 heterocycles. The third kappa shape index (κ3) is 5.61. The number of carboxylic acids is 1. The van der Waals surface area contributed by atoms with Gasteiger partial charge in [-0.25, -0.2) is 0 Å². The van der Waals surface area contributed by atoms with Gasteiger partial charge in [0.2, 0.25) is 5.91 Å². The molecule has 1 rings (SSSR count). The number of carbonyl (C=O) groups excluding carboxylic acids is 2. The minimum absolute atomic E-state index is 0.146. The Bertz CT molecular complexity index is 462. The van der Waals surface area contributed by atoms with Crippen LogP contribution in [0.25, 0.3) is 0 Å². The number of carboxylic acid groups (broad SMARTS) is 1. The zero-order valence-electron chi connectivity index (χ0n) is 11.5. The van der Waals surface area contributed by atoms with Crippen molar-refractivity contribution in [1.29, 1.82) is 0 Å². The van der Waals surface area contributed by atoms with E-state index in [1.54, 1.807) is 24.3 Å². The molecule has 1 amide bonds. The molecule has 110 valence electrons. The molecule has 1 atom stereocenters. The van der Waals surface area contributed by atoms with Gasteiger partial charge in [-0.3, -0.25) is 4.79 Å². The highest BCUT2D eigenvalue weighted by Gasteiger charge is 2.13. The molecule has 0 fully saturated rings. The first kappa shape index (κ1) is 16.5. The van der Waals surface area contributed by atoms with Crippen LogP contribution in [0.2, 0.25) is 5.02 Å². The molecule has 0 bridgehead atoms. The van der Waals surface area contributed by atoms with Crippen molar-refractivity contribution in [3.05, 3.63) is 29.3 Å². The average Bonchev–Trinajstić information content (AvgIpc) is 2.41. The molecule has 0 saturated heterocycles. The maximum Gasteiger partial charge on any atom is 0.224 e. The van der Waals surface area contributed by atoms with Crippen LogP contribution in [0.4, 0.5) is 5.69 Å². The Kier molecular flexibility index (Phi) is 7.09. The van der Waals surface area contributed by atoms with Gasteiger partial charge in [0.05, 0.1) is 10.7 Å². The largest absolute Gasteiger partial charge is 0.550 e. The SMILES string of the molecule is CCCC[C@H](CCC(=O)Nc1ccccc1Cl)C(=O)[O-]. The van der Waals surface area contributed by atoms with Crippen LogP contribution < -0.4 is 10.4 Å². The van der Waals surface area contributed by atoms with E-state index in [0.717, 1.165) is 12.8 Å². The van der Waals surface area contributed by atoms with Gasteiger partial charge < -0.3 is 15.2 Å². The lowest BCUT2D eigenvalue weighted by Gasteiger charge is -2.17. The van der Waals surface area contributed by atoms with Crippen molar-refractivity contribution in [3.8, 4) is 0 Å². The fourth-order valence-electron chi connectivity index (χ4n) is 1.91. The Balaban J connectivity index is 2.45. The van der Waals surface area contributed by atoms with Crippen molar-refractivity contribution in [1.82, 2.24) is 0 Å². The molecule has 0 radical (unpaired) electrons. The summed E-state index contributed by atoms with van der Waals surface area (Å²) in [6.07, 6.45) is 2.74. The second-order valence-electron chi connectivity index (χ2n) is 4.72. The second-order valence-corrected chi connectivity index (χ2v) is 5.13. The number of benzene rings is 1. The van der Waals surface area contributed by atoms with Gasteiger partial charge in [0.1, 0.15) is 0 Å². The summed E-state index contributed by atoms with van der Waals surface area (Å²) in [6.45, 7) is 2.00. The minimum Gasteiger partial charge on any atom is -0.550 e. The van der Waals surface area contributed by atoms with Crippen molar-refractivity contribution in [2.75, 3.05) is 5.32 Å². The van der Waals surface area contributed by atoms with Crippen molar-refractivity contribution in [3.63, 3.8) is 0 Å². The monoisotopic (exact) mass is 296 g/mol. The lowest BCUT2D eigenvalue weighted by molar-refractivity contribution is -0.312. The first-order valence-corrected chi connectivity index (χ1v) is 7.17. The second kappa shape index (κ2) is 8.59. The van der Waals surface area contributed by atoms with Crippen molar-refractivity contribution >= 4 is 29.2 Å². The molecule has 1 N–H and O–H groups in total. The van der Waals surface area contributed by atoms with E-state index in [4.69, 9.17) is 11.6 Å². The van der Waals surface area contributed by atoms with E-state index in [1.165, 1.54) is 0 Å². The Hall–Kier alpha value is -1.55. The van der Waals surface area contributed by atoms with Crippen LogP contribution in [0, 0.1) is 5.92 Å². The number of halogens is 1. The molecule has 0 aliphatic carbocycles. The molecule has 0 saturated carbocycles. The summed E-state index contributed by atoms with van der Waals surface area (Å²) in [6, 6.07) is 6.93. The Morgan fingerprint density at radius 2 is 2.00 bits per heavy atom. The van der Waals surface area contributed by atoms with Gasteiger partial charge in [-0.05, 0) is 30.9 Å². The maximum atomic E-state index is 11.8. The van der Waals surface area contributed by atoms with Gasteiger partial charge in [-0.1, -0.05) is 43.5 Å². The summed E-state index contributed by atoms with van der Waals surface area (Å²) in [4.78, 5) is 22.7. The molecule has 1 aromatic rings. The number of carbonyl (C=O) groups is 2. The highest BCUT2D eigenvalue weighted by Crippen LogP contribution is 2.21. The third-order valence-electron chi connectivity index (χ3n) is 3.11. The number of unbranched alkanes of at least 4 members (excludes halogenated alkanes) is 1. The highest BCUT2D eigenvalue weighted by molar-refractivity contribution is 6.33. The number of nitrogens with one attached hydrogen (secondary N) is 1. The molecule has 20 heavy (non-hydrogen) atoms. The lowest BCUT2D eigenvalue weighted by Crippen LogP contribution is -2.32. The summed E-state index contributed by atoms with van der Waals surface area (Å²) < 4.78 is 0. The zero-order valence-corrected chi connectivity index (χ0v) is 12.3. The van der Waals surface area contributed by atoms with Crippen LogP contribution >= 0.6 is 11.6 Å². The predicted octanol–water partition coefficient (Wildman–Crippen LogP) is 2.62. The summed E-state index contributed by atoms with van der Waals surface area (Å²) >= 11 is 5.93. The standard InChI is InChI=1S/C15H20ClNO3/c1-2-3-6-11(15(19)20)9-10-14(18)17-13-8-5-4-7-12(13)16/h4-5,7-8,11H,2-3,6,9-10H2,1H3,(H,17,18)(H,19,20)/p-1/t11-/m1/s1. The summed E-state index contributed by atoms with van der Waals surface area (Å²) in [5.74, 6) is -1.88. The molecule has 1 aromatic carbocycles. The van der Waals surface area contributed by atoms with Crippen LogP contribution in [0.3, 0.4) is 0 Å². The number of aliphatic carboxylic acids is 1. The molecule has 0 aliphatic rings. The number of rotatable bonds is 8. The van der Waals surface area contributed by atoms with E-state index < -0.39 is 11.9 Å². The smallest absolute Gasteiger partial charge is 0.224 e. The molecule has 0 unspecified atom stereocenters. The molecule has 0 aliphatic heterocycles. The lowest BCUT2D eigenvalue weighted by atomic mass is 9.97. The Morgan fingerprint density at radius 1 is 1.30 bits per heavy atom. The minimum atomic E-state index is -1.08. The van der Waals surface area contributed by atoms with Gasteiger partial charge in [0, 0.05) is 12.4 Å². The molecular formula is C15H19ClNO3-. The van der Waals surface area contributed by atoms with Crippen molar-refractivity contribution in [2.24, 2.45) is 5.92 Å². The van der Waals surface area contributed by atoms with E-state index in [1.807, 2.05) is 6.92 Å². The van der Waals surface area contributed by atoms with E-state index in [-0.39, 0.29) is 12.3 Å². The van der Waals surface area contributed by atoms with Gasteiger partial charge in [0.15, 0.2) is 0 Å². The normalized spacial score (nSPS) is 11.9. The highest BCUT2D eigenvalue weighted by atomic mass is 35.5. The van der Waals surface area contributed by atoms with Crippen LogP contribution in [0.5, 0.6) is 0 Å². The van der Waals surface area contributed by atoms with Gasteiger partial charge >= 0.3 is 0 Å². The van der Waals surface area contributed by atoms with E-state index in [2.05, 4.69) is 5.32 Å². The van der Waals surface area contributed by atoms with E-state index in [0.29, 0.717) is 23.6 Å². The van der Waals surface area contributed by atoms with Gasteiger partial charge in [-0.2, -0.15) is 0 Å². The molecule has 5 heteroatoms. The van der Waals surface area contributed by atoms with Crippen LogP contribution in [0.15, 0.2) is 24.3 Å². The fourth-order valence-corrected chi connectivity index (χ4v) is 2.09. The van der Waals surface area contributed by atoms with Crippen molar-refractivity contribution in [2.45, 2.75) is 39.0 Å². The quantitative estimate of drug-likeness (QED) is 0.801. The average molecular weight is 297 g/mol. The number of hydrogen-bond donors (Lipinski definition) is 1. The molecule has 0 aromatic heterocycles. The zero-order chi connectivity index (χ0) is 15.0. The van der Waals surface area contributed by atoms with Crippen LogP contribution in [-0.2, 0) is 9.59 Å². The topological polar surface area (TPSA) is 69.2 Å². The van der Waals surface area contributed by atoms with E-state index in [9.17, 15) is 14.7 Å². The first-order chi connectivity index (χ1) is 9.54. The predicted molar refractivity (Wildman–Crippen MR) is 77.3 cm³/mol. The number of hydrogen-bond acceptors (Lipinski definition) is 3. The molecule has 4 nitrogen and oxygen atoms in total. The Labute approximate surface area is 124 Å². The van der Waals surface area contributed by atoms with Gasteiger partial charge in [-0.15, -0.1) is 0 Å². The number of para-hydroxylation sites is 1. The summed E-state index contributed by atoms with van der Waals surface area (Å²) in [5, 5.41) is 14.1. The number of amides is 1. The maximum absolute atomic E-state index is 11.8. The van der Waals surface area contributed by atoms with Crippen LogP contribution in [-0.4, -0.2) is 11.9 Å². The van der Waals surface area contributed by atoms with Gasteiger partial charge in [0.25, 0.3) is 0 Å². The number of anilines is 1.